The van der Waals surface area contributed by atoms with Gasteiger partial charge in [-0.25, -0.2) is 0 Å². The van der Waals surface area contributed by atoms with Crippen molar-refractivity contribution in [1.82, 2.24) is 15.1 Å². The molecular weight excluding hydrogens is 246 g/mol. The molecule has 2 aliphatic heterocycles. The number of rotatable bonds is 4. The molecule has 3 nitrogen and oxygen atoms in total. The van der Waals surface area contributed by atoms with Gasteiger partial charge in [0.15, 0.2) is 0 Å². The maximum atomic E-state index is 3.74. The fourth-order valence-corrected chi connectivity index (χ4v) is 3.94. The van der Waals surface area contributed by atoms with Gasteiger partial charge in [0.1, 0.15) is 0 Å². The van der Waals surface area contributed by atoms with Gasteiger partial charge in [-0.1, -0.05) is 20.8 Å². The van der Waals surface area contributed by atoms with E-state index in [1.54, 1.807) is 0 Å². The summed E-state index contributed by atoms with van der Waals surface area (Å²) in [4.78, 5) is 5.48. The Hall–Kier alpha value is -0.120. The van der Waals surface area contributed by atoms with Crippen LogP contribution in [-0.4, -0.2) is 60.1 Å². The lowest BCUT2D eigenvalue weighted by Crippen LogP contribution is -2.66. The molecule has 0 amide bonds. The largest absolute Gasteiger partial charge is 0.309 e. The second kappa shape index (κ2) is 6.76. The fraction of sp³-hybridized carbons (Fsp3) is 1.00. The lowest BCUT2D eigenvalue weighted by atomic mass is 9.89. The highest BCUT2D eigenvalue weighted by molar-refractivity contribution is 4.97. The molecule has 118 valence electrons. The van der Waals surface area contributed by atoms with Gasteiger partial charge < -0.3 is 10.2 Å². The van der Waals surface area contributed by atoms with E-state index in [4.69, 9.17) is 0 Å². The number of piperazine rings is 1. The molecule has 0 bridgehead atoms. The molecule has 0 aromatic rings. The van der Waals surface area contributed by atoms with Gasteiger partial charge in [0.05, 0.1) is 0 Å². The maximum absolute atomic E-state index is 3.74. The monoisotopic (exact) mass is 281 g/mol. The standard InChI is InChI=1S/C17H35N3/c1-6-9-19-10-7-15(8-11-19)20-13-17(4,5)18-12-16(20)14(2)3/h14-16,18H,6-13H2,1-5H3. The first-order chi connectivity index (χ1) is 9.43. The van der Waals surface area contributed by atoms with E-state index < -0.39 is 0 Å². The van der Waals surface area contributed by atoms with E-state index in [2.05, 4.69) is 49.7 Å². The predicted octanol–water partition coefficient (Wildman–Crippen LogP) is 2.57. The van der Waals surface area contributed by atoms with E-state index in [0.29, 0.717) is 6.04 Å². The Kier molecular flexibility index (Phi) is 5.49. The predicted molar refractivity (Wildman–Crippen MR) is 87.2 cm³/mol. The molecule has 2 heterocycles. The van der Waals surface area contributed by atoms with E-state index in [9.17, 15) is 0 Å². The molecule has 2 aliphatic rings. The minimum absolute atomic E-state index is 0.270. The smallest absolute Gasteiger partial charge is 0.0253 e. The summed E-state index contributed by atoms with van der Waals surface area (Å²) in [6, 6.07) is 1.52. The molecule has 2 fully saturated rings. The Morgan fingerprint density at radius 1 is 1.20 bits per heavy atom. The van der Waals surface area contributed by atoms with Crippen LogP contribution in [0.4, 0.5) is 0 Å². The first-order valence-electron chi connectivity index (χ1n) is 8.66. The molecule has 0 aromatic carbocycles. The average Bonchev–Trinajstić information content (AvgIpc) is 2.38. The molecule has 1 unspecified atom stereocenters. The molecule has 2 rings (SSSR count). The summed E-state index contributed by atoms with van der Waals surface area (Å²) < 4.78 is 0. The van der Waals surface area contributed by atoms with Crippen molar-refractivity contribution in [1.29, 1.82) is 0 Å². The summed E-state index contributed by atoms with van der Waals surface area (Å²) in [6.07, 6.45) is 4.01. The SMILES string of the molecule is CCCN1CCC(N2CC(C)(C)NCC2C(C)C)CC1. The third-order valence-corrected chi connectivity index (χ3v) is 5.13. The molecule has 0 aromatic heterocycles. The highest BCUT2D eigenvalue weighted by Gasteiger charge is 2.38. The Morgan fingerprint density at radius 2 is 1.85 bits per heavy atom. The molecule has 3 heteroatoms. The van der Waals surface area contributed by atoms with Crippen molar-refractivity contribution in [3.8, 4) is 0 Å². The van der Waals surface area contributed by atoms with Crippen LogP contribution in [0.15, 0.2) is 0 Å². The molecule has 0 aliphatic carbocycles. The van der Waals surface area contributed by atoms with Gasteiger partial charge >= 0.3 is 0 Å². The summed E-state index contributed by atoms with van der Waals surface area (Å²) in [6.45, 7) is 18.0. The van der Waals surface area contributed by atoms with Crippen molar-refractivity contribution in [3.05, 3.63) is 0 Å². The second-order valence-electron chi connectivity index (χ2n) is 7.82. The zero-order chi connectivity index (χ0) is 14.8. The van der Waals surface area contributed by atoms with E-state index in [1.165, 1.54) is 45.4 Å². The normalized spacial score (nSPS) is 30.0. The van der Waals surface area contributed by atoms with E-state index in [1.807, 2.05) is 0 Å². The Labute approximate surface area is 126 Å². The molecule has 0 spiro atoms. The van der Waals surface area contributed by atoms with E-state index >= 15 is 0 Å². The molecule has 1 atom stereocenters. The van der Waals surface area contributed by atoms with Gasteiger partial charge in [-0.05, 0) is 58.7 Å². The van der Waals surface area contributed by atoms with Crippen LogP contribution in [0, 0.1) is 5.92 Å². The molecule has 1 N–H and O–H groups in total. The van der Waals surface area contributed by atoms with Gasteiger partial charge in [-0.3, -0.25) is 4.90 Å². The topological polar surface area (TPSA) is 18.5 Å². The highest BCUT2D eigenvalue weighted by atomic mass is 15.3. The Bertz CT molecular complexity index is 293. The third-order valence-electron chi connectivity index (χ3n) is 5.13. The third kappa shape index (κ3) is 3.96. The Balaban J connectivity index is 1.97. The number of nitrogens with one attached hydrogen (secondary N) is 1. The van der Waals surface area contributed by atoms with Crippen LogP contribution < -0.4 is 5.32 Å². The van der Waals surface area contributed by atoms with Crippen LogP contribution >= 0.6 is 0 Å². The minimum atomic E-state index is 0.270. The van der Waals surface area contributed by atoms with Gasteiger partial charge in [0.2, 0.25) is 0 Å². The molecular formula is C17H35N3. The highest BCUT2D eigenvalue weighted by Crippen LogP contribution is 2.27. The van der Waals surface area contributed by atoms with Gasteiger partial charge in [-0.15, -0.1) is 0 Å². The second-order valence-corrected chi connectivity index (χ2v) is 7.82. The van der Waals surface area contributed by atoms with Crippen molar-refractivity contribution in [2.75, 3.05) is 32.7 Å². The fourth-order valence-electron chi connectivity index (χ4n) is 3.94. The lowest BCUT2D eigenvalue weighted by Gasteiger charge is -2.51. The quantitative estimate of drug-likeness (QED) is 0.854. The average molecular weight is 281 g/mol. The molecule has 2 saturated heterocycles. The summed E-state index contributed by atoms with van der Waals surface area (Å²) in [7, 11) is 0. The van der Waals surface area contributed by atoms with Crippen molar-refractivity contribution in [3.63, 3.8) is 0 Å². The van der Waals surface area contributed by atoms with Crippen LogP contribution in [0.3, 0.4) is 0 Å². The first-order valence-corrected chi connectivity index (χ1v) is 8.66. The van der Waals surface area contributed by atoms with Gasteiger partial charge in [-0.2, -0.15) is 0 Å². The molecule has 20 heavy (non-hydrogen) atoms. The van der Waals surface area contributed by atoms with Crippen molar-refractivity contribution < 1.29 is 0 Å². The van der Waals surface area contributed by atoms with Crippen LogP contribution in [0.25, 0.3) is 0 Å². The summed E-state index contributed by atoms with van der Waals surface area (Å²) in [5, 5.41) is 3.74. The van der Waals surface area contributed by atoms with Crippen molar-refractivity contribution in [2.45, 2.75) is 71.5 Å². The summed E-state index contributed by atoms with van der Waals surface area (Å²) in [5.41, 5.74) is 0.270. The number of likely N-dealkylation sites (tertiary alicyclic amines) is 1. The van der Waals surface area contributed by atoms with Crippen molar-refractivity contribution >= 4 is 0 Å². The summed E-state index contributed by atoms with van der Waals surface area (Å²) in [5.74, 6) is 0.743. The lowest BCUT2D eigenvalue weighted by molar-refractivity contribution is 0.00607. The zero-order valence-corrected chi connectivity index (χ0v) is 14.3. The Morgan fingerprint density at radius 3 is 2.40 bits per heavy atom. The van der Waals surface area contributed by atoms with Crippen LogP contribution in [-0.2, 0) is 0 Å². The zero-order valence-electron chi connectivity index (χ0n) is 14.3. The van der Waals surface area contributed by atoms with Crippen LogP contribution in [0.2, 0.25) is 0 Å². The molecule has 0 saturated carbocycles. The minimum Gasteiger partial charge on any atom is -0.309 e. The van der Waals surface area contributed by atoms with E-state index in [0.717, 1.165) is 18.5 Å². The number of hydrogen-bond donors (Lipinski definition) is 1. The van der Waals surface area contributed by atoms with Crippen LogP contribution in [0.5, 0.6) is 0 Å². The van der Waals surface area contributed by atoms with Crippen molar-refractivity contribution in [2.24, 2.45) is 5.92 Å². The van der Waals surface area contributed by atoms with Crippen LogP contribution in [0.1, 0.15) is 53.9 Å². The van der Waals surface area contributed by atoms with E-state index in [-0.39, 0.29) is 5.54 Å². The number of piperidine rings is 1. The first kappa shape index (κ1) is 16.3. The van der Waals surface area contributed by atoms with Gasteiger partial charge in [0.25, 0.3) is 0 Å². The number of nitrogens with zero attached hydrogens (tertiary/aromatic N) is 2. The number of hydrogen-bond acceptors (Lipinski definition) is 3. The molecule has 0 radical (unpaired) electrons. The van der Waals surface area contributed by atoms with Gasteiger partial charge in [0, 0.05) is 30.7 Å². The summed E-state index contributed by atoms with van der Waals surface area (Å²) >= 11 is 0. The maximum Gasteiger partial charge on any atom is 0.0253 e.